The minimum Gasteiger partial charge on any atom is -0.497 e. The molecular formula is C96H115F3N18O13. The summed E-state index contributed by atoms with van der Waals surface area (Å²) in [4.78, 5) is 122. The van der Waals surface area contributed by atoms with Gasteiger partial charge in [-0.3, -0.25) is 24.0 Å². The van der Waals surface area contributed by atoms with Gasteiger partial charge in [-0.05, 0) is 147 Å². The number of fused-ring (bicyclic) bond motifs is 5. The number of H-pyrrole nitrogens is 3. The number of nitrogens with zero attached hydrogens (tertiary/aromatic N) is 15. The van der Waals surface area contributed by atoms with Crippen molar-refractivity contribution in [3.8, 4) is 5.75 Å². The quantitative estimate of drug-likeness (QED) is 0.0809. The maximum Gasteiger partial charge on any atom is 0.410 e. The highest BCUT2D eigenvalue weighted by Crippen LogP contribution is 2.42. The Hall–Kier alpha value is -12.0. The number of amides is 2. The van der Waals surface area contributed by atoms with Gasteiger partial charge in [0, 0.05) is 115 Å². The Bertz CT molecular complexity index is 6070. The van der Waals surface area contributed by atoms with Gasteiger partial charge in [0.05, 0.1) is 73.5 Å². The van der Waals surface area contributed by atoms with E-state index in [0.717, 1.165) is 93.6 Å². The number of Topliss-reactive ketones (excluding diaryl/α,β-unsaturated/α-hetero) is 2. The molecule has 8 aromatic heterocycles. The van der Waals surface area contributed by atoms with Crippen molar-refractivity contribution in [2.75, 3.05) is 72.9 Å². The summed E-state index contributed by atoms with van der Waals surface area (Å²) in [6.45, 7) is 17.6. The molecule has 31 nitrogen and oxygen atoms in total. The minimum atomic E-state index is -3.26. The maximum absolute atomic E-state index is 14.9. The second kappa shape index (κ2) is 40.1. The summed E-state index contributed by atoms with van der Waals surface area (Å²) in [5.41, 5.74) is 2.83. The summed E-state index contributed by atoms with van der Waals surface area (Å²) in [7, 11) is 1.64. The zero-order chi connectivity index (χ0) is 91.0. The van der Waals surface area contributed by atoms with E-state index in [1.165, 1.54) is 57.1 Å². The molecule has 5 saturated heterocycles. The van der Waals surface area contributed by atoms with E-state index >= 15 is 0 Å². The molecule has 0 bridgehead atoms. The molecule has 15 heterocycles. The van der Waals surface area contributed by atoms with Gasteiger partial charge in [0.25, 0.3) is 16.7 Å². The van der Waals surface area contributed by atoms with E-state index in [2.05, 4.69) is 45.2 Å². The van der Waals surface area contributed by atoms with Crippen LogP contribution in [0.4, 0.5) is 34.4 Å². The molecule has 2 saturated carbocycles. The van der Waals surface area contributed by atoms with Gasteiger partial charge in [0.2, 0.25) is 0 Å². The molecule has 9 aliphatic rings. The predicted octanol–water partition coefficient (Wildman–Crippen LogP) is 16.6. The number of benzene rings is 3. The number of methoxy groups -OCH3 is 1. The van der Waals surface area contributed by atoms with E-state index in [-0.39, 0.29) is 94.8 Å². The molecule has 3 aromatic carbocycles. The molecule has 2 amide bonds. The Balaban J connectivity index is 0.000000119. The second-order valence-electron chi connectivity index (χ2n) is 37.0. The lowest BCUT2D eigenvalue weighted by Gasteiger charge is -2.34. The largest absolute Gasteiger partial charge is 0.497 e. The van der Waals surface area contributed by atoms with Gasteiger partial charge < -0.3 is 62.3 Å². The van der Waals surface area contributed by atoms with Crippen LogP contribution in [0.3, 0.4) is 0 Å². The lowest BCUT2D eigenvalue weighted by Crippen LogP contribution is -2.43. The highest BCUT2D eigenvalue weighted by molar-refractivity contribution is 6.18. The van der Waals surface area contributed by atoms with Gasteiger partial charge >= 0.3 is 18.1 Å². The van der Waals surface area contributed by atoms with Crippen molar-refractivity contribution < 1.29 is 60.8 Å². The molecule has 3 N–H and O–H groups in total. The van der Waals surface area contributed by atoms with Crippen molar-refractivity contribution in [1.29, 1.82) is 0 Å². The Morgan fingerprint density at radius 2 is 0.923 bits per heavy atom. The molecule has 3 unspecified atom stereocenters. The van der Waals surface area contributed by atoms with Crippen LogP contribution in [0.25, 0.3) is 33.1 Å². The molecule has 7 aliphatic heterocycles. The summed E-state index contributed by atoms with van der Waals surface area (Å²) >= 11 is 0. The molecule has 7 fully saturated rings. The van der Waals surface area contributed by atoms with E-state index in [4.69, 9.17) is 38.4 Å². The van der Waals surface area contributed by atoms with Crippen LogP contribution in [0.5, 0.6) is 5.75 Å². The summed E-state index contributed by atoms with van der Waals surface area (Å²) in [5.74, 6) is 1.48. The van der Waals surface area contributed by atoms with Crippen LogP contribution >= 0.6 is 0 Å². The number of piperidine rings is 1. The first-order valence-corrected chi connectivity index (χ1v) is 45.6. The average Bonchev–Trinajstić information content (AvgIpc) is 1.60. The lowest BCUT2D eigenvalue weighted by molar-refractivity contribution is 0.0168. The standard InChI is InChI=1S/C21H31N5O3.C19H18F2N2O2.C19H19FN2O2.C19H27N5O3.C18H20N4O3/c1-21(2,3)29-20(28)25-10-6-9-15(13-25)26-18-16(12-22-26)19(27)24-17(23-18)11-14-7-4-5-8-14;20-19(21,13-4-2-1-3-5-13)17-12-16(24)15-6-9-23(18(15)22-17)14-7-10-25-11-8-14;20-18(13-4-2-1-3-5-13)16-12-17(23)15-6-9-22(19(15)21-16)14-7-10-24-11-8-14;1-19(2,3)27-18(26)23-8-7-13(11-23)24-16-14(10-20-24)17(25)22-15(21-16)9-12-5-4-6-12;1-24-14-4-2-12(3-5-14)10-16-20-17-15(18(23)21-16)11-19-22(17)13-6-8-25-9-7-13/h12,14-15H,4-11,13H2,1-3H3,(H,23,24,27);1-6,9,14H,7-8,10-12H2;1-6,9,14,18H,7-8,10-12H2;10,12-13H,4-9,11H2,1-3H3,(H,21,22,25);2-5,11,13H,6-10H2,1H3,(H,20,21,23). The Kier molecular flexibility index (Phi) is 28.2. The number of carbonyl (C=O) groups is 4. The number of ether oxygens (including phenoxy) is 6. The van der Waals surface area contributed by atoms with Crippen LogP contribution < -0.4 is 21.4 Å². The zero-order valence-corrected chi connectivity index (χ0v) is 74.8. The van der Waals surface area contributed by atoms with Crippen LogP contribution in [0.2, 0.25) is 0 Å². The lowest BCUT2D eigenvalue weighted by atomic mass is 9.83. The van der Waals surface area contributed by atoms with E-state index in [0.29, 0.717) is 157 Å². The molecule has 34 heteroatoms. The number of aliphatic imine (C=N–C) groups is 2. The second-order valence-corrected chi connectivity index (χ2v) is 37.0. The molecule has 688 valence electrons. The third-order valence-electron chi connectivity index (χ3n) is 25.4. The fourth-order valence-corrected chi connectivity index (χ4v) is 18.3. The number of alkyl halides is 3. The van der Waals surface area contributed by atoms with Gasteiger partial charge in [-0.25, -0.2) is 53.0 Å². The molecule has 130 heavy (non-hydrogen) atoms. The van der Waals surface area contributed by atoms with Crippen molar-refractivity contribution in [2.24, 2.45) is 21.8 Å². The summed E-state index contributed by atoms with van der Waals surface area (Å²) < 4.78 is 86.3. The van der Waals surface area contributed by atoms with Crippen LogP contribution in [0.1, 0.15) is 248 Å². The number of ketones is 2. The number of likely N-dealkylation sites (tertiary alicyclic amines) is 2. The first-order valence-electron chi connectivity index (χ1n) is 45.6. The van der Waals surface area contributed by atoms with Crippen molar-refractivity contribution in [2.45, 2.75) is 230 Å². The maximum atomic E-state index is 14.9. The number of nitrogens with one attached hydrogen (secondary N) is 3. The number of hydrogen-bond acceptors (Lipinski definition) is 21. The third-order valence-corrected chi connectivity index (χ3v) is 25.4. The predicted molar refractivity (Wildman–Crippen MR) is 483 cm³/mol. The Morgan fingerprint density at radius 3 is 1.41 bits per heavy atom. The van der Waals surface area contributed by atoms with E-state index in [9.17, 15) is 46.7 Å². The smallest absolute Gasteiger partial charge is 0.410 e. The summed E-state index contributed by atoms with van der Waals surface area (Å²) in [6, 6.07) is 28.3. The SMILES string of the molecule is CC(C)(C)OC(=O)N1CCC(n2ncc3c(=O)[nH]c(CC4CCC4)nc32)C1.CC(C)(C)OC(=O)N1CCCC(n2ncc3c(=O)[nH]c(CC4CCCC4)nc32)C1.COc1ccc(Cc2nc3c(cnn3C3CCOCC3)c(=O)[nH]2)cc1.O=C1CC(C(F)(F)c2ccccc2)=Nc2c1ccn2C1CCOCC1.O=C1CC(C(F)c2ccccc2)=Nc2c1ccn2C1CCOCC1. The van der Waals surface area contributed by atoms with Crippen LogP contribution in [0.15, 0.2) is 152 Å². The number of hydrogen-bond donors (Lipinski definition) is 3. The zero-order valence-electron chi connectivity index (χ0n) is 74.8. The molecule has 3 atom stereocenters. The van der Waals surface area contributed by atoms with Gasteiger partial charge in [0.15, 0.2) is 34.7 Å². The molecule has 20 rings (SSSR count). The van der Waals surface area contributed by atoms with Crippen LogP contribution in [-0.4, -0.2) is 197 Å². The molecule has 2 aliphatic carbocycles. The fourth-order valence-electron chi connectivity index (χ4n) is 18.3. The fraction of sp³-hybridized carbons (Fsp3) is 0.510. The number of rotatable bonds is 16. The first-order chi connectivity index (χ1) is 62.6. The molecular weight excluding hydrogens is 1670 g/mol. The van der Waals surface area contributed by atoms with E-state index < -0.39 is 23.3 Å². The monoisotopic (exact) mass is 1780 g/mol. The van der Waals surface area contributed by atoms with Gasteiger partial charge in [-0.2, -0.15) is 24.1 Å². The Morgan fingerprint density at radius 1 is 0.485 bits per heavy atom. The Labute approximate surface area is 750 Å². The van der Waals surface area contributed by atoms with Crippen molar-refractivity contribution in [1.82, 2.24) is 78.2 Å². The van der Waals surface area contributed by atoms with Gasteiger partial charge in [0.1, 0.15) is 67.9 Å². The van der Waals surface area contributed by atoms with Crippen molar-refractivity contribution >= 4 is 79.9 Å². The van der Waals surface area contributed by atoms with Crippen molar-refractivity contribution in [3.05, 3.63) is 204 Å². The topological polar surface area (TPSA) is 355 Å². The highest BCUT2D eigenvalue weighted by atomic mass is 19.3. The first kappa shape index (κ1) is 91.3. The van der Waals surface area contributed by atoms with Crippen LogP contribution in [0, 0.1) is 11.8 Å². The number of carbonyl (C=O) groups excluding carboxylic acids is 4. The number of aromatic nitrogens is 14. The molecule has 0 radical (unpaired) electrons. The number of aromatic amines is 3. The highest BCUT2D eigenvalue weighted by Gasteiger charge is 2.43. The van der Waals surface area contributed by atoms with Gasteiger partial charge in [-0.15, -0.1) is 0 Å². The van der Waals surface area contributed by atoms with Gasteiger partial charge in [-0.1, -0.05) is 118 Å². The van der Waals surface area contributed by atoms with E-state index in [1.807, 2.05) is 103 Å². The van der Waals surface area contributed by atoms with Crippen LogP contribution in [-0.2, 0) is 48.9 Å². The summed E-state index contributed by atoms with van der Waals surface area (Å²) in [6.07, 6.45) is 24.6. The van der Waals surface area contributed by atoms with Crippen molar-refractivity contribution in [3.63, 3.8) is 0 Å². The average molecular weight is 1790 g/mol. The normalized spacial score (nSPS) is 19.3. The molecule has 11 aromatic rings. The summed E-state index contributed by atoms with van der Waals surface area (Å²) in [5, 5.41) is 14.8. The third kappa shape index (κ3) is 21.5. The molecule has 0 spiro atoms. The number of halogens is 3. The minimum absolute atomic E-state index is 0.000807. The van der Waals surface area contributed by atoms with E-state index in [1.54, 1.807) is 94.9 Å².